The average molecular weight is 305 g/mol. The molecule has 120 valence electrons. The van der Waals surface area contributed by atoms with Crippen LogP contribution in [0.2, 0.25) is 0 Å². The summed E-state index contributed by atoms with van der Waals surface area (Å²) in [6.07, 6.45) is 6.03. The summed E-state index contributed by atoms with van der Waals surface area (Å²) in [4.78, 5) is 0. The lowest BCUT2D eigenvalue weighted by Crippen LogP contribution is -2.46. The van der Waals surface area contributed by atoms with Crippen molar-refractivity contribution in [2.24, 2.45) is 5.41 Å². The van der Waals surface area contributed by atoms with E-state index in [0.717, 1.165) is 19.5 Å². The Morgan fingerprint density at radius 3 is 2.70 bits per heavy atom. The fourth-order valence-electron chi connectivity index (χ4n) is 2.70. The fourth-order valence-corrected chi connectivity index (χ4v) is 4.19. The van der Waals surface area contributed by atoms with E-state index in [9.17, 15) is 8.42 Å². The lowest BCUT2D eigenvalue weighted by molar-refractivity contribution is 0.299. The van der Waals surface area contributed by atoms with Crippen LogP contribution in [0, 0.1) is 5.41 Å². The van der Waals surface area contributed by atoms with Crippen molar-refractivity contribution in [2.45, 2.75) is 58.9 Å². The van der Waals surface area contributed by atoms with E-state index in [1.807, 2.05) is 0 Å². The molecule has 0 aliphatic carbocycles. The Morgan fingerprint density at radius 2 is 2.05 bits per heavy atom. The van der Waals surface area contributed by atoms with Gasteiger partial charge in [0.2, 0.25) is 0 Å². The first-order valence-corrected chi connectivity index (χ1v) is 9.81. The zero-order valence-electron chi connectivity index (χ0n) is 13.4. The van der Waals surface area contributed by atoms with Gasteiger partial charge in [-0.3, -0.25) is 0 Å². The topological polar surface area (TPSA) is 58.2 Å². The van der Waals surface area contributed by atoms with E-state index in [1.54, 1.807) is 0 Å². The summed E-state index contributed by atoms with van der Waals surface area (Å²) < 4.78 is 23.1. The van der Waals surface area contributed by atoms with Gasteiger partial charge >= 0.3 is 0 Å². The minimum Gasteiger partial charge on any atom is -0.316 e. The first-order valence-electron chi connectivity index (χ1n) is 7.99. The van der Waals surface area contributed by atoms with E-state index >= 15 is 0 Å². The molecule has 1 heterocycles. The molecule has 0 saturated carbocycles. The first kappa shape index (κ1) is 17.9. The van der Waals surface area contributed by atoms with Crippen LogP contribution in [0.4, 0.5) is 0 Å². The van der Waals surface area contributed by atoms with Gasteiger partial charge in [0.15, 0.2) is 9.84 Å². The first-order chi connectivity index (χ1) is 9.35. The van der Waals surface area contributed by atoms with E-state index in [4.69, 9.17) is 0 Å². The molecule has 1 unspecified atom stereocenters. The predicted molar refractivity (Wildman–Crippen MR) is 85.9 cm³/mol. The van der Waals surface area contributed by atoms with Crippen molar-refractivity contribution in [1.29, 1.82) is 0 Å². The second kappa shape index (κ2) is 8.35. The second-order valence-corrected chi connectivity index (χ2v) is 9.08. The highest BCUT2D eigenvalue weighted by Gasteiger charge is 2.24. The van der Waals surface area contributed by atoms with Crippen molar-refractivity contribution >= 4 is 9.84 Å². The largest absolute Gasteiger partial charge is 0.316 e. The van der Waals surface area contributed by atoms with Gasteiger partial charge in [-0.2, -0.15) is 0 Å². The van der Waals surface area contributed by atoms with E-state index in [1.165, 1.54) is 25.7 Å². The van der Waals surface area contributed by atoms with Crippen LogP contribution in [0.3, 0.4) is 0 Å². The molecule has 1 saturated heterocycles. The molecule has 0 bridgehead atoms. The summed E-state index contributed by atoms with van der Waals surface area (Å²) >= 11 is 0. The van der Waals surface area contributed by atoms with Crippen LogP contribution < -0.4 is 10.6 Å². The third kappa shape index (κ3) is 7.60. The van der Waals surface area contributed by atoms with Gasteiger partial charge in [-0.15, -0.1) is 0 Å². The standard InChI is InChI=1S/C15H32N2O2S/c1-4-5-6-8-15(2,3)13-16-9-7-14-12-20(18,19)11-10-17-14/h14,16-17H,4-13H2,1-3H3. The molecule has 0 spiro atoms. The second-order valence-electron chi connectivity index (χ2n) is 6.85. The van der Waals surface area contributed by atoms with Crippen LogP contribution in [-0.2, 0) is 9.84 Å². The van der Waals surface area contributed by atoms with Gasteiger partial charge in [0.1, 0.15) is 0 Å². The number of hydrogen-bond acceptors (Lipinski definition) is 4. The maximum Gasteiger partial charge on any atom is 0.153 e. The summed E-state index contributed by atoms with van der Waals surface area (Å²) in [5, 5.41) is 6.79. The van der Waals surface area contributed by atoms with Crippen molar-refractivity contribution in [3.05, 3.63) is 0 Å². The molecule has 0 aromatic carbocycles. The molecule has 2 N–H and O–H groups in total. The van der Waals surface area contributed by atoms with Crippen LogP contribution in [0.15, 0.2) is 0 Å². The van der Waals surface area contributed by atoms with Crippen molar-refractivity contribution in [2.75, 3.05) is 31.1 Å². The SMILES string of the molecule is CCCCCC(C)(C)CNCCC1CS(=O)(=O)CCN1. The van der Waals surface area contributed by atoms with Gasteiger partial charge < -0.3 is 10.6 Å². The molecule has 4 nitrogen and oxygen atoms in total. The van der Waals surface area contributed by atoms with Crippen molar-refractivity contribution in [3.8, 4) is 0 Å². The van der Waals surface area contributed by atoms with Gasteiger partial charge in [0.05, 0.1) is 11.5 Å². The summed E-state index contributed by atoms with van der Waals surface area (Å²) in [6, 6.07) is 0.129. The van der Waals surface area contributed by atoms with Crippen molar-refractivity contribution in [1.82, 2.24) is 10.6 Å². The van der Waals surface area contributed by atoms with Gasteiger partial charge in [-0.25, -0.2) is 8.42 Å². The molecular weight excluding hydrogens is 272 g/mol. The van der Waals surface area contributed by atoms with Gasteiger partial charge in [-0.05, 0) is 24.8 Å². The van der Waals surface area contributed by atoms with Gasteiger partial charge in [0.25, 0.3) is 0 Å². The van der Waals surface area contributed by atoms with E-state index in [2.05, 4.69) is 31.4 Å². The molecule has 5 heteroatoms. The highest BCUT2D eigenvalue weighted by atomic mass is 32.2. The van der Waals surface area contributed by atoms with Crippen LogP contribution >= 0.6 is 0 Å². The number of sulfone groups is 1. The molecule has 0 amide bonds. The lowest BCUT2D eigenvalue weighted by Gasteiger charge is -2.27. The summed E-state index contributed by atoms with van der Waals surface area (Å²) in [7, 11) is -2.80. The normalized spacial score (nSPS) is 22.9. The summed E-state index contributed by atoms with van der Waals surface area (Å²) in [5.41, 5.74) is 0.335. The van der Waals surface area contributed by atoms with Gasteiger partial charge in [0, 0.05) is 19.1 Å². The number of rotatable bonds is 9. The Hall–Kier alpha value is -0.130. The Balaban J connectivity index is 2.14. The molecule has 1 aliphatic rings. The molecule has 1 rings (SSSR count). The number of hydrogen-bond donors (Lipinski definition) is 2. The number of unbranched alkanes of at least 4 members (excludes halogenated alkanes) is 2. The van der Waals surface area contributed by atoms with Crippen molar-refractivity contribution < 1.29 is 8.42 Å². The zero-order valence-corrected chi connectivity index (χ0v) is 14.2. The van der Waals surface area contributed by atoms with Crippen LogP contribution in [0.1, 0.15) is 52.9 Å². The molecule has 1 aliphatic heterocycles. The summed E-state index contributed by atoms with van der Waals surface area (Å²) in [6.45, 7) is 9.35. The summed E-state index contributed by atoms with van der Waals surface area (Å²) in [5.74, 6) is 0.593. The highest BCUT2D eigenvalue weighted by molar-refractivity contribution is 7.91. The quantitative estimate of drug-likeness (QED) is 0.639. The molecule has 0 aromatic rings. The van der Waals surface area contributed by atoms with E-state index in [-0.39, 0.29) is 6.04 Å². The maximum absolute atomic E-state index is 11.5. The van der Waals surface area contributed by atoms with E-state index in [0.29, 0.717) is 23.5 Å². The minimum atomic E-state index is -2.80. The van der Waals surface area contributed by atoms with E-state index < -0.39 is 9.84 Å². The highest BCUT2D eigenvalue weighted by Crippen LogP contribution is 2.22. The smallest absolute Gasteiger partial charge is 0.153 e. The van der Waals surface area contributed by atoms with Crippen LogP contribution in [0.25, 0.3) is 0 Å². The fraction of sp³-hybridized carbons (Fsp3) is 1.00. The Labute approximate surface area is 125 Å². The Kier molecular flexibility index (Phi) is 7.48. The molecule has 1 atom stereocenters. The molecule has 1 fully saturated rings. The number of nitrogens with one attached hydrogen (secondary N) is 2. The average Bonchev–Trinajstić information content (AvgIpc) is 2.34. The zero-order chi connectivity index (χ0) is 15.1. The van der Waals surface area contributed by atoms with Crippen LogP contribution in [0.5, 0.6) is 0 Å². The Morgan fingerprint density at radius 1 is 1.30 bits per heavy atom. The molecular formula is C15H32N2O2S. The third-order valence-corrected chi connectivity index (χ3v) is 5.77. The predicted octanol–water partition coefficient (Wildman–Crippen LogP) is 1.96. The Bertz CT molecular complexity index is 366. The molecule has 0 aromatic heterocycles. The molecule has 0 radical (unpaired) electrons. The maximum atomic E-state index is 11.5. The van der Waals surface area contributed by atoms with Crippen molar-refractivity contribution in [3.63, 3.8) is 0 Å². The van der Waals surface area contributed by atoms with Crippen LogP contribution in [-0.4, -0.2) is 45.6 Å². The van der Waals surface area contributed by atoms with Gasteiger partial charge in [-0.1, -0.05) is 40.0 Å². The minimum absolute atomic E-state index is 0.129. The molecule has 20 heavy (non-hydrogen) atoms. The third-order valence-electron chi connectivity index (χ3n) is 4.03. The monoisotopic (exact) mass is 304 g/mol. The lowest BCUT2D eigenvalue weighted by atomic mass is 9.87.